The number of fused-ring (bicyclic) bond motifs is 14. The minimum atomic E-state index is -1.19. The molecule has 0 bridgehead atoms. The van der Waals surface area contributed by atoms with E-state index >= 15 is 0 Å². The third-order valence-electron chi connectivity index (χ3n) is 9.61. The van der Waals surface area contributed by atoms with Crippen LogP contribution in [0.5, 0.6) is 0 Å². The van der Waals surface area contributed by atoms with E-state index in [0.29, 0.717) is 0 Å². The van der Waals surface area contributed by atoms with Gasteiger partial charge >= 0.3 is 0 Å². The zero-order valence-electron chi connectivity index (χ0n) is 59.8. The Morgan fingerprint density at radius 3 is 1.42 bits per heavy atom. The Kier molecular flexibility index (Phi) is 2.98. The van der Waals surface area contributed by atoms with E-state index in [-0.39, 0.29) is 10.9 Å². The number of aromatic nitrogens is 4. The van der Waals surface area contributed by atoms with Crippen LogP contribution in [0, 0.1) is 6.92 Å². The number of para-hydroxylation sites is 3. The van der Waals surface area contributed by atoms with Gasteiger partial charge in [-0.2, -0.15) is 4.98 Å². The molecule has 57 heavy (non-hydrogen) atoms. The Balaban J connectivity index is 1.40. The van der Waals surface area contributed by atoms with E-state index in [9.17, 15) is 20.6 Å². The summed E-state index contributed by atoms with van der Waals surface area (Å²) in [7, 11) is 0. The number of benzene rings is 8. The number of nitrogens with zero attached hydrogens (tertiary/aromatic N) is 4. The lowest BCUT2D eigenvalue weighted by Gasteiger charge is -2.23. The van der Waals surface area contributed by atoms with E-state index in [0.717, 1.165) is 9.13 Å². The van der Waals surface area contributed by atoms with Crippen LogP contribution in [0.3, 0.4) is 0 Å². The standard InChI is InChI=1S/C53H34N4/c1-33-15-14-28-50-52(33)44-24-10-13-27-49(44)56(50)51-32-46(54-53(55-51)57-47-25-11-8-22-42(47)43-23-9-12-26-48(43)57)34-29-30-41-39-20-5-4-18-37(39)35-16-2-3-17-36(35)38-19-6-7-21-40(38)45(41)31-34/h2-32H,1H3/i2D,3D,4D,5D,6D,7D,8D,9D,10D,11D,12D,13D,14D,15D,16D,17D,18D,19D,20D,21D,22D,23D,24D,25D,26D,27D,28D,29D,30D,31D,32D. The van der Waals surface area contributed by atoms with Crippen molar-refractivity contribution in [3.05, 3.63) is 193 Å². The van der Waals surface area contributed by atoms with E-state index in [1.165, 1.54) is 6.92 Å². The lowest BCUT2D eigenvalue weighted by Crippen LogP contribution is -2.07. The van der Waals surface area contributed by atoms with Crippen LogP contribution in [-0.2, 0) is 0 Å². The molecule has 0 unspecified atom stereocenters. The summed E-state index contributed by atoms with van der Waals surface area (Å²) >= 11 is 0. The van der Waals surface area contributed by atoms with Crippen LogP contribution in [-0.4, -0.2) is 19.1 Å². The monoisotopic (exact) mass is 757 g/mol. The first-order chi connectivity index (χ1) is 41.1. The lowest BCUT2D eigenvalue weighted by atomic mass is 9.80. The fourth-order valence-corrected chi connectivity index (χ4v) is 7.23. The van der Waals surface area contributed by atoms with Gasteiger partial charge in [-0.1, -0.05) is 151 Å². The number of rotatable bonds is 3. The second-order valence-electron chi connectivity index (χ2n) is 12.6. The van der Waals surface area contributed by atoms with E-state index in [1.54, 1.807) is 0 Å². The van der Waals surface area contributed by atoms with Crippen molar-refractivity contribution in [2.24, 2.45) is 0 Å². The number of hydrogen-bond donors (Lipinski definition) is 0. The van der Waals surface area contributed by atoms with Gasteiger partial charge in [-0.15, -0.1) is 0 Å². The normalized spacial score (nSPS) is 19.6. The predicted octanol–water partition coefficient (Wildman–Crippen LogP) is 13.6. The van der Waals surface area contributed by atoms with Gasteiger partial charge in [0.1, 0.15) is 5.82 Å². The van der Waals surface area contributed by atoms with Crippen LogP contribution in [0.1, 0.15) is 48.1 Å². The average molecular weight is 758 g/mol. The van der Waals surface area contributed by atoms with Gasteiger partial charge in [0.25, 0.3) is 0 Å². The molecular formula is C53H34N4. The summed E-state index contributed by atoms with van der Waals surface area (Å²) < 4.78 is 287. The average Bonchev–Trinajstić information content (AvgIpc) is 1.08. The van der Waals surface area contributed by atoms with Crippen LogP contribution in [0.4, 0.5) is 0 Å². The molecule has 3 aromatic heterocycles. The van der Waals surface area contributed by atoms with Gasteiger partial charge in [-0.05, 0) is 87.2 Å². The second-order valence-corrected chi connectivity index (χ2v) is 12.6. The zero-order valence-corrected chi connectivity index (χ0v) is 28.8. The van der Waals surface area contributed by atoms with Crippen molar-refractivity contribution in [2.75, 3.05) is 0 Å². The molecule has 0 amide bonds. The summed E-state index contributed by atoms with van der Waals surface area (Å²) in [6, 6.07) is -29.5. The van der Waals surface area contributed by atoms with E-state index in [2.05, 4.69) is 4.98 Å². The Morgan fingerprint density at radius 2 is 0.842 bits per heavy atom. The van der Waals surface area contributed by atoms with Crippen LogP contribution >= 0.6 is 0 Å². The van der Waals surface area contributed by atoms with Crippen molar-refractivity contribution in [3.63, 3.8) is 0 Å². The van der Waals surface area contributed by atoms with Gasteiger partial charge in [0, 0.05) is 33.2 Å². The Labute approximate surface area is 373 Å². The first-order valence-electron chi connectivity index (χ1n) is 32.5. The minimum Gasteiger partial charge on any atom is -0.294 e. The maximum atomic E-state index is 10.4. The fourth-order valence-electron chi connectivity index (χ4n) is 7.23. The summed E-state index contributed by atoms with van der Waals surface area (Å²) in [5.74, 6) is -1.92. The van der Waals surface area contributed by atoms with Crippen molar-refractivity contribution in [1.82, 2.24) is 19.1 Å². The number of aryl methyl sites for hydroxylation is 1. The van der Waals surface area contributed by atoms with E-state index < -0.39 is 293 Å². The largest absolute Gasteiger partial charge is 0.294 e. The second kappa shape index (κ2) is 12.2. The molecule has 1 aliphatic carbocycles. The SMILES string of the molecule is [2H]c1c(-c2c([2H])c([2H])c3c(c2[2H])-c2c([2H])c([2H])c([2H])c([2H])c2-c2c([2H])c([2H])c([2H])c([2H])c2-c2c([2H])c([2H])c([2H])c([2H])c2-3)nc(-n2c3c([2H])c([2H])c([2H])c([2H])c3c3c([2H])c([2H])c([2H])c([2H])c32)nc1-n1c2c([2H])c([2H])c([2H])c([2H])c2c2c(C)c([2H])c([2H])c([2H])c21. The van der Waals surface area contributed by atoms with Crippen molar-refractivity contribution in [2.45, 2.75) is 6.92 Å². The third kappa shape index (κ3) is 4.68. The number of hydrogen-bond acceptors (Lipinski definition) is 2. The molecule has 0 spiro atoms. The summed E-state index contributed by atoms with van der Waals surface area (Å²) in [6.45, 7) is 1.31. The fraction of sp³-hybridized carbons (Fsp3) is 0.0189. The van der Waals surface area contributed by atoms with Crippen molar-refractivity contribution in [1.29, 1.82) is 0 Å². The molecule has 0 saturated heterocycles. The first-order valence-corrected chi connectivity index (χ1v) is 17.0. The van der Waals surface area contributed by atoms with Gasteiger partial charge < -0.3 is 0 Å². The topological polar surface area (TPSA) is 35.6 Å². The van der Waals surface area contributed by atoms with E-state index in [4.69, 9.17) is 26.9 Å². The molecule has 12 rings (SSSR count). The Morgan fingerprint density at radius 1 is 0.386 bits per heavy atom. The van der Waals surface area contributed by atoms with Crippen LogP contribution < -0.4 is 0 Å². The molecule has 11 aromatic rings. The van der Waals surface area contributed by atoms with E-state index in [1.807, 2.05) is 0 Å². The molecule has 266 valence electrons. The Hall–Kier alpha value is -7.56. The highest BCUT2D eigenvalue weighted by Crippen LogP contribution is 2.48. The summed E-state index contributed by atoms with van der Waals surface area (Å²) in [6.07, 6.45) is 0. The molecule has 4 heteroatoms. The molecular weight excluding hydrogens is 693 g/mol. The molecule has 0 fully saturated rings. The van der Waals surface area contributed by atoms with Gasteiger partial charge in [0.15, 0.2) is 0 Å². The molecule has 0 saturated carbocycles. The van der Waals surface area contributed by atoms with Gasteiger partial charge in [0.2, 0.25) is 5.95 Å². The molecule has 1 aliphatic rings. The summed E-state index contributed by atoms with van der Waals surface area (Å²) in [5.41, 5.74) is -11.0. The van der Waals surface area contributed by atoms with Gasteiger partial charge in [-0.3, -0.25) is 9.13 Å². The highest BCUT2D eigenvalue weighted by Gasteiger charge is 2.24. The third-order valence-corrected chi connectivity index (χ3v) is 9.61. The summed E-state index contributed by atoms with van der Waals surface area (Å²) in [5, 5.41) is -1.74. The van der Waals surface area contributed by atoms with Crippen molar-refractivity contribution >= 4 is 43.6 Å². The maximum Gasteiger partial charge on any atom is 0.237 e. The predicted molar refractivity (Wildman–Crippen MR) is 236 cm³/mol. The zero-order chi connectivity index (χ0) is 64.6. The van der Waals surface area contributed by atoms with Gasteiger partial charge in [0.05, 0.1) is 70.3 Å². The summed E-state index contributed by atoms with van der Waals surface area (Å²) in [4.78, 5) is 9.35. The molecule has 3 heterocycles. The maximum absolute atomic E-state index is 10.4. The van der Waals surface area contributed by atoms with Crippen molar-refractivity contribution in [3.8, 4) is 67.5 Å². The Bertz CT molecular complexity index is 5070. The van der Waals surface area contributed by atoms with Crippen LogP contribution in [0.15, 0.2) is 187 Å². The van der Waals surface area contributed by atoms with Crippen LogP contribution in [0.25, 0.3) is 111 Å². The molecule has 8 aromatic carbocycles. The first kappa shape index (κ1) is 13.9. The highest BCUT2D eigenvalue weighted by molar-refractivity contribution is 6.11. The highest BCUT2D eigenvalue weighted by atomic mass is 15.2. The smallest absolute Gasteiger partial charge is 0.237 e. The molecule has 0 aliphatic heterocycles. The van der Waals surface area contributed by atoms with Crippen LogP contribution in [0.2, 0.25) is 0 Å². The van der Waals surface area contributed by atoms with Gasteiger partial charge in [-0.25, -0.2) is 4.98 Å². The van der Waals surface area contributed by atoms with Crippen molar-refractivity contribution < 1.29 is 42.5 Å². The molecule has 0 atom stereocenters. The lowest BCUT2D eigenvalue weighted by molar-refractivity contribution is 0.952. The molecule has 0 radical (unpaired) electrons. The quantitative estimate of drug-likeness (QED) is 0.180. The molecule has 0 N–H and O–H groups in total. The minimum absolute atomic E-state index is 0.129. The molecule has 4 nitrogen and oxygen atoms in total.